The molecule has 1 aromatic carbocycles. The Kier molecular flexibility index (Phi) is 5.36. The predicted octanol–water partition coefficient (Wildman–Crippen LogP) is 2.02. The maximum absolute atomic E-state index is 12.4. The van der Waals surface area contributed by atoms with Crippen molar-refractivity contribution in [3.05, 3.63) is 58.9 Å². The number of primary amides is 1. The molecule has 0 atom stereocenters. The van der Waals surface area contributed by atoms with E-state index in [0.29, 0.717) is 17.0 Å². The van der Waals surface area contributed by atoms with Crippen LogP contribution in [0, 0.1) is 6.92 Å². The first-order valence-corrected chi connectivity index (χ1v) is 7.47. The summed E-state index contributed by atoms with van der Waals surface area (Å²) < 4.78 is 6.33. The summed E-state index contributed by atoms with van der Waals surface area (Å²) in [7, 11) is 0. The van der Waals surface area contributed by atoms with E-state index >= 15 is 0 Å². The molecule has 0 spiro atoms. The molecule has 1 heterocycles. The number of esters is 1. The predicted molar refractivity (Wildman–Crippen MR) is 88.5 cm³/mol. The normalized spacial score (nSPS) is 10.2. The van der Waals surface area contributed by atoms with Crippen molar-refractivity contribution in [3.8, 4) is 0 Å². The van der Waals surface area contributed by atoms with Gasteiger partial charge in [-0.05, 0) is 19.9 Å². The van der Waals surface area contributed by atoms with Gasteiger partial charge in [-0.15, -0.1) is 0 Å². The first-order valence-electron chi connectivity index (χ1n) is 7.47. The van der Waals surface area contributed by atoms with Gasteiger partial charge in [-0.2, -0.15) is 0 Å². The molecule has 0 saturated heterocycles. The second-order valence-electron chi connectivity index (χ2n) is 5.13. The van der Waals surface area contributed by atoms with Gasteiger partial charge in [-0.25, -0.2) is 15.0 Å². The third kappa shape index (κ3) is 3.81. The van der Waals surface area contributed by atoms with E-state index in [-0.39, 0.29) is 24.4 Å². The summed E-state index contributed by atoms with van der Waals surface area (Å²) >= 11 is 0. The molecule has 1 aromatic heterocycles. The molecular weight excluding hydrogens is 310 g/mol. The molecule has 0 fully saturated rings. The fourth-order valence-corrected chi connectivity index (χ4v) is 2.37. The van der Waals surface area contributed by atoms with Crippen molar-refractivity contribution in [1.82, 2.24) is 4.68 Å². The number of benzene rings is 1. The number of hydrogen-bond acceptors (Lipinski definition) is 4. The van der Waals surface area contributed by atoms with Gasteiger partial charge in [0.2, 0.25) is 0 Å². The molecule has 24 heavy (non-hydrogen) atoms. The molecule has 7 nitrogen and oxygen atoms in total. The maximum atomic E-state index is 12.4. The number of ketones is 1. The van der Waals surface area contributed by atoms with Crippen LogP contribution < -0.4 is 11.2 Å². The first-order chi connectivity index (χ1) is 11.4. The summed E-state index contributed by atoms with van der Waals surface area (Å²) in [6.45, 7) is 3.56. The number of carbonyl (C=O) groups excluding carboxylic acids is 3. The molecule has 0 bridgehead atoms. The second kappa shape index (κ2) is 7.45. The number of rotatable bonds is 6. The van der Waals surface area contributed by atoms with Gasteiger partial charge >= 0.3 is 12.0 Å². The van der Waals surface area contributed by atoms with Crippen LogP contribution in [0.25, 0.3) is 0 Å². The molecule has 3 N–H and O–H groups in total. The summed E-state index contributed by atoms with van der Waals surface area (Å²) in [5, 5.41) is 0. The van der Waals surface area contributed by atoms with E-state index in [9.17, 15) is 14.4 Å². The Balaban J connectivity index is 2.36. The van der Waals surface area contributed by atoms with Crippen LogP contribution >= 0.6 is 0 Å². The van der Waals surface area contributed by atoms with E-state index in [1.807, 2.05) is 6.07 Å². The minimum atomic E-state index is -0.794. The molecule has 0 aliphatic carbocycles. The van der Waals surface area contributed by atoms with Crippen LogP contribution in [-0.4, -0.2) is 29.1 Å². The SMILES string of the molecule is CCOC(=O)c1cc(CC(=O)c2ccccc2)n(NC(N)=O)c1C. The van der Waals surface area contributed by atoms with Crippen LogP contribution in [0.4, 0.5) is 4.79 Å². The summed E-state index contributed by atoms with van der Waals surface area (Å²) in [6, 6.07) is 9.50. The number of urea groups is 1. The number of hydrogen-bond donors (Lipinski definition) is 2. The quantitative estimate of drug-likeness (QED) is 0.625. The van der Waals surface area contributed by atoms with Crippen molar-refractivity contribution in [1.29, 1.82) is 0 Å². The molecule has 126 valence electrons. The Morgan fingerprint density at radius 3 is 2.46 bits per heavy atom. The highest BCUT2D eigenvalue weighted by molar-refractivity contribution is 5.98. The topological polar surface area (TPSA) is 103 Å². The standard InChI is InChI=1S/C17H19N3O4/c1-3-24-16(22)14-9-13(20(11(14)2)19-17(18)23)10-15(21)12-7-5-4-6-8-12/h4-9H,3,10H2,1-2H3,(H3,18,19,23). The summed E-state index contributed by atoms with van der Waals surface area (Å²) in [5.41, 5.74) is 9.30. The molecule has 7 heteroatoms. The molecule has 0 aliphatic rings. The third-order valence-corrected chi connectivity index (χ3v) is 3.48. The molecule has 0 aliphatic heterocycles. The van der Waals surface area contributed by atoms with Gasteiger partial charge in [0.1, 0.15) is 0 Å². The van der Waals surface area contributed by atoms with Crippen LogP contribution in [0.1, 0.15) is 39.0 Å². The zero-order valence-corrected chi connectivity index (χ0v) is 13.5. The Hall–Kier alpha value is -3.09. The fourth-order valence-electron chi connectivity index (χ4n) is 2.37. The van der Waals surface area contributed by atoms with Crippen LogP contribution in [-0.2, 0) is 11.2 Å². The number of Topliss-reactive ketones (excluding diaryl/α,β-unsaturated/α-hetero) is 1. The van der Waals surface area contributed by atoms with Crippen molar-refractivity contribution >= 4 is 17.8 Å². The zero-order valence-electron chi connectivity index (χ0n) is 13.5. The molecular formula is C17H19N3O4. The molecule has 0 saturated carbocycles. The van der Waals surface area contributed by atoms with Gasteiger partial charge in [0.25, 0.3) is 0 Å². The van der Waals surface area contributed by atoms with Crippen molar-refractivity contribution < 1.29 is 19.1 Å². The molecule has 2 amide bonds. The lowest BCUT2D eigenvalue weighted by Gasteiger charge is -2.11. The van der Waals surface area contributed by atoms with E-state index in [2.05, 4.69) is 5.43 Å². The Bertz CT molecular complexity index is 766. The van der Waals surface area contributed by atoms with Crippen LogP contribution in [0.3, 0.4) is 0 Å². The highest BCUT2D eigenvalue weighted by Crippen LogP contribution is 2.18. The van der Waals surface area contributed by atoms with E-state index < -0.39 is 12.0 Å². The van der Waals surface area contributed by atoms with Gasteiger partial charge in [0.05, 0.1) is 24.3 Å². The molecule has 2 rings (SSSR count). The Labute approximate surface area is 139 Å². The van der Waals surface area contributed by atoms with Crippen LogP contribution in [0.15, 0.2) is 36.4 Å². The average Bonchev–Trinajstić information content (AvgIpc) is 2.85. The number of nitrogens with zero attached hydrogens (tertiary/aromatic N) is 1. The summed E-state index contributed by atoms with van der Waals surface area (Å²) in [4.78, 5) is 35.6. The number of carbonyl (C=O) groups is 3. The van der Waals surface area contributed by atoms with Gasteiger partial charge in [0, 0.05) is 11.3 Å². The van der Waals surface area contributed by atoms with Crippen molar-refractivity contribution in [2.75, 3.05) is 12.0 Å². The van der Waals surface area contributed by atoms with E-state index in [1.165, 1.54) is 10.7 Å². The number of amides is 2. The lowest BCUT2D eigenvalue weighted by Crippen LogP contribution is -2.30. The highest BCUT2D eigenvalue weighted by atomic mass is 16.5. The molecule has 0 radical (unpaired) electrons. The highest BCUT2D eigenvalue weighted by Gasteiger charge is 2.21. The lowest BCUT2D eigenvalue weighted by molar-refractivity contribution is 0.0525. The number of nitrogens with two attached hydrogens (primary N) is 1. The van der Waals surface area contributed by atoms with Gasteiger partial charge in [-0.1, -0.05) is 30.3 Å². The second-order valence-corrected chi connectivity index (χ2v) is 5.13. The molecule has 0 unspecified atom stereocenters. The minimum absolute atomic E-state index is 0.00450. The van der Waals surface area contributed by atoms with Crippen molar-refractivity contribution in [2.45, 2.75) is 20.3 Å². The monoisotopic (exact) mass is 329 g/mol. The largest absolute Gasteiger partial charge is 0.462 e. The van der Waals surface area contributed by atoms with E-state index in [4.69, 9.17) is 10.5 Å². The lowest BCUT2D eigenvalue weighted by atomic mass is 10.1. The van der Waals surface area contributed by atoms with E-state index in [0.717, 1.165) is 0 Å². The summed E-state index contributed by atoms with van der Waals surface area (Å²) in [5.74, 6) is -0.663. The number of aromatic nitrogens is 1. The van der Waals surface area contributed by atoms with Crippen molar-refractivity contribution in [2.24, 2.45) is 5.73 Å². The van der Waals surface area contributed by atoms with Crippen molar-refractivity contribution in [3.63, 3.8) is 0 Å². The van der Waals surface area contributed by atoms with Crippen LogP contribution in [0.5, 0.6) is 0 Å². The van der Waals surface area contributed by atoms with Gasteiger partial charge in [-0.3, -0.25) is 9.47 Å². The number of ether oxygens (including phenoxy) is 1. The van der Waals surface area contributed by atoms with Crippen LogP contribution in [0.2, 0.25) is 0 Å². The first kappa shape index (κ1) is 17.3. The Morgan fingerprint density at radius 1 is 1.21 bits per heavy atom. The Morgan fingerprint density at radius 2 is 1.88 bits per heavy atom. The third-order valence-electron chi connectivity index (χ3n) is 3.48. The maximum Gasteiger partial charge on any atom is 0.340 e. The number of nitrogens with one attached hydrogen (secondary N) is 1. The molecule has 2 aromatic rings. The van der Waals surface area contributed by atoms with Gasteiger partial charge in [0.15, 0.2) is 5.78 Å². The zero-order chi connectivity index (χ0) is 17.7. The smallest absolute Gasteiger partial charge is 0.340 e. The average molecular weight is 329 g/mol. The fraction of sp³-hybridized carbons (Fsp3) is 0.235. The van der Waals surface area contributed by atoms with E-state index in [1.54, 1.807) is 38.1 Å². The summed E-state index contributed by atoms with van der Waals surface area (Å²) in [6.07, 6.45) is 0.00450. The minimum Gasteiger partial charge on any atom is -0.462 e. The van der Waals surface area contributed by atoms with Gasteiger partial charge < -0.3 is 10.5 Å².